The van der Waals surface area contributed by atoms with Crippen LogP contribution in [0.15, 0.2) is 6.20 Å². The Balaban J connectivity index is 2.29. The second-order valence-electron chi connectivity index (χ2n) is 5.67. The van der Waals surface area contributed by atoms with Crippen LogP contribution < -0.4 is 5.73 Å². The minimum Gasteiger partial charge on any atom is -0.385 e. The second kappa shape index (κ2) is 5.19. The summed E-state index contributed by atoms with van der Waals surface area (Å²) in [7, 11) is 1.82. The van der Waals surface area contributed by atoms with Crippen LogP contribution in [-0.2, 0) is 7.05 Å². The minimum atomic E-state index is -0.636. The molecule has 3 N–H and O–H groups in total. The number of halogens is 1. The third kappa shape index (κ3) is 2.29. The molecular formula is C13H22ClN3O. The number of imidazole rings is 1. The maximum atomic E-state index is 10.7. The van der Waals surface area contributed by atoms with Gasteiger partial charge in [0.05, 0.1) is 6.20 Å². The molecule has 0 radical (unpaired) electrons. The predicted molar refractivity (Wildman–Crippen MR) is 72.3 cm³/mol. The molecule has 0 aliphatic heterocycles. The van der Waals surface area contributed by atoms with Crippen LogP contribution in [0.5, 0.6) is 0 Å². The summed E-state index contributed by atoms with van der Waals surface area (Å²) in [6, 6.07) is 0. The van der Waals surface area contributed by atoms with Crippen molar-refractivity contribution < 1.29 is 5.11 Å². The summed E-state index contributed by atoms with van der Waals surface area (Å²) in [5.74, 6) is 1.23. The van der Waals surface area contributed by atoms with Crippen LogP contribution in [0.25, 0.3) is 0 Å². The first-order valence-corrected chi connectivity index (χ1v) is 6.93. The Morgan fingerprint density at radius 2 is 2.44 bits per heavy atom. The summed E-state index contributed by atoms with van der Waals surface area (Å²) in [6.45, 7) is 2.71. The van der Waals surface area contributed by atoms with Gasteiger partial charge in [0, 0.05) is 19.0 Å². The van der Waals surface area contributed by atoms with E-state index < -0.39 is 6.10 Å². The summed E-state index contributed by atoms with van der Waals surface area (Å²) < 4.78 is 1.74. The molecule has 1 fully saturated rings. The Morgan fingerprint density at radius 3 is 2.94 bits per heavy atom. The average Bonchev–Trinajstić information content (AvgIpc) is 2.69. The highest BCUT2D eigenvalue weighted by Gasteiger charge is 2.42. The highest BCUT2D eigenvalue weighted by molar-refractivity contribution is 6.29. The molecule has 0 aromatic carbocycles. The third-order valence-electron chi connectivity index (χ3n) is 4.33. The Labute approximate surface area is 113 Å². The van der Waals surface area contributed by atoms with E-state index >= 15 is 0 Å². The van der Waals surface area contributed by atoms with Gasteiger partial charge < -0.3 is 15.4 Å². The fourth-order valence-electron chi connectivity index (χ4n) is 3.18. The molecule has 3 unspecified atom stereocenters. The van der Waals surface area contributed by atoms with Crippen LogP contribution in [-0.4, -0.2) is 21.2 Å². The fourth-order valence-corrected chi connectivity index (χ4v) is 3.31. The Bertz CT molecular complexity index is 420. The summed E-state index contributed by atoms with van der Waals surface area (Å²) in [4.78, 5) is 4.23. The number of nitrogens with zero attached hydrogens (tertiary/aromatic N) is 2. The summed E-state index contributed by atoms with van der Waals surface area (Å²) >= 11 is 5.99. The largest absolute Gasteiger partial charge is 0.385 e. The van der Waals surface area contributed by atoms with Crippen molar-refractivity contribution in [2.45, 2.75) is 38.7 Å². The molecule has 3 atom stereocenters. The molecule has 1 aromatic rings. The molecule has 1 aromatic heterocycles. The molecule has 0 bridgehead atoms. The Kier molecular flexibility index (Phi) is 3.99. The molecule has 4 nitrogen and oxygen atoms in total. The number of aliphatic hydroxyl groups excluding tert-OH is 1. The molecule has 2 rings (SSSR count). The van der Waals surface area contributed by atoms with Crippen molar-refractivity contribution in [3.8, 4) is 0 Å². The molecule has 18 heavy (non-hydrogen) atoms. The maximum Gasteiger partial charge on any atom is 0.139 e. The van der Waals surface area contributed by atoms with Crippen molar-refractivity contribution in [1.29, 1.82) is 0 Å². The first-order chi connectivity index (χ1) is 8.50. The molecule has 0 spiro atoms. The van der Waals surface area contributed by atoms with Gasteiger partial charge >= 0.3 is 0 Å². The van der Waals surface area contributed by atoms with Crippen molar-refractivity contribution >= 4 is 11.6 Å². The van der Waals surface area contributed by atoms with Gasteiger partial charge in [-0.1, -0.05) is 31.4 Å². The van der Waals surface area contributed by atoms with E-state index in [1.54, 1.807) is 10.8 Å². The van der Waals surface area contributed by atoms with Gasteiger partial charge in [-0.15, -0.1) is 0 Å². The number of rotatable bonds is 3. The summed E-state index contributed by atoms with van der Waals surface area (Å²) in [5, 5.41) is 11.2. The van der Waals surface area contributed by atoms with E-state index in [4.69, 9.17) is 17.3 Å². The smallest absolute Gasteiger partial charge is 0.139 e. The van der Waals surface area contributed by atoms with Gasteiger partial charge in [0.15, 0.2) is 0 Å². The van der Waals surface area contributed by atoms with Gasteiger partial charge in [-0.2, -0.15) is 0 Å². The van der Waals surface area contributed by atoms with Gasteiger partial charge in [-0.3, -0.25) is 0 Å². The lowest BCUT2D eigenvalue weighted by atomic mass is 9.66. The predicted octanol–water partition coefficient (Wildman–Crippen LogP) is 2.26. The standard InChI is InChI=1S/C13H22ClN3O/c1-9-4-3-5-13(6-9,8-15)11(18)12-16-7-10(14)17(12)2/h7,9,11,18H,3-6,8,15H2,1-2H3. The monoisotopic (exact) mass is 271 g/mol. The fraction of sp³-hybridized carbons (Fsp3) is 0.769. The van der Waals surface area contributed by atoms with E-state index in [0.717, 1.165) is 19.3 Å². The van der Waals surface area contributed by atoms with Crippen LogP contribution in [0.2, 0.25) is 5.15 Å². The number of nitrogens with two attached hydrogens (primary N) is 1. The summed E-state index contributed by atoms with van der Waals surface area (Å²) in [5.41, 5.74) is 5.72. The van der Waals surface area contributed by atoms with Gasteiger partial charge in [0.2, 0.25) is 0 Å². The average molecular weight is 272 g/mol. The first kappa shape index (κ1) is 13.8. The van der Waals surface area contributed by atoms with Gasteiger partial charge in [0.1, 0.15) is 17.1 Å². The number of hydrogen-bond acceptors (Lipinski definition) is 3. The van der Waals surface area contributed by atoms with Crippen molar-refractivity contribution in [2.24, 2.45) is 24.1 Å². The summed E-state index contributed by atoms with van der Waals surface area (Å²) in [6.07, 6.45) is 5.19. The van der Waals surface area contributed by atoms with Gasteiger partial charge in [-0.25, -0.2) is 4.98 Å². The zero-order chi connectivity index (χ0) is 13.3. The number of aliphatic hydroxyl groups is 1. The molecular weight excluding hydrogens is 250 g/mol. The molecule has 102 valence electrons. The zero-order valence-electron chi connectivity index (χ0n) is 11.1. The van der Waals surface area contributed by atoms with Crippen molar-refractivity contribution in [3.63, 3.8) is 0 Å². The van der Waals surface area contributed by atoms with Crippen LogP contribution in [0, 0.1) is 11.3 Å². The Morgan fingerprint density at radius 1 is 1.72 bits per heavy atom. The Hall–Kier alpha value is -0.580. The van der Waals surface area contributed by atoms with E-state index in [9.17, 15) is 5.11 Å². The van der Waals surface area contributed by atoms with E-state index in [-0.39, 0.29) is 5.41 Å². The van der Waals surface area contributed by atoms with Crippen LogP contribution in [0.1, 0.15) is 44.5 Å². The van der Waals surface area contributed by atoms with Crippen LogP contribution >= 0.6 is 11.6 Å². The molecule has 0 saturated heterocycles. The SMILES string of the molecule is CC1CCCC(CN)(C(O)c2ncc(Cl)n2C)C1. The zero-order valence-corrected chi connectivity index (χ0v) is 11.8. The molecule has 5 heteroatoms. The lowest BCUT2D eigenvalue weighted by Gasteiger charge is -2.42. The van der Waals surface area contributed by atoms with Crippen LogP contribution in [0.3, 0.4) is 0 Å². The molecule has 1 saturated carbocycles. The second-order valence-corrected chi connectivity index (χ2v) is 6.06. The molecule has 1 heterocycles. The van der Waals surface area contributed by atoms with Gasteiger partial charge in [-0.05, 0) is 18.8 Å². The highest BCUT2D eigenvalue weighted by atomic mass is 35.5. The normalized spacial score (nSPS) is 30.4. The number of aromatic nitrogens is 2. The van der Waals surface area contributed by atoms with Gasteiger partial charge in [0.25, 0.3) is 0 Å². The molecule has 1 aliphatic carbocycles. The highest BCUT2D eigenvalue weighted by Crippen LogP contribution is 2.47. The van der Waals surface area contributed by atoms with E-state index in [1.165, 1.54) is 6.42 Å². The first-order valence-electron chi connectivity index (χ1n) is 6.55. The van der Waals surface area contributed by atoms with Crippen molar-refractivity contribution in [3.05, 3.63) is 17.2 Å². The lowest BCUT2D eigenvalue weighted by Crippen LogP contribution is -2.41. The van der Waals surface area contributed by atoms with Crippen LogP contribution in [0.4, 0.5) is 0 Å². The topological polar surface area (TPSA) is 64.1 Å². The van der Waals surface area contributed by atoms with Crippen molar-refractivity contribution in [1.82, 2.24) is 9.55 Å². The quantitative estimate of drug-likeness (QED) is 0.886. The van der Waals surface area contributed by atoms with E-state index in [2.05, 4.69) is 11.9 Å². The van der Waals surface area contributed by atoms with E-state index in [0.29, 0.717) is 23.4 Å². The van der Waals surface area contributed by atoms with Crippen molar-refractivity contribution in [2.75, 3.05) is 6.54 Å². The third-order valence-corrected chi connectivity index (χ3v) is 4.68. The molecule has 1 aliphatic rings. The minimum absolute atomic E-state index is 0.250. The molecule has 0 amide bonds. The maximum absolute atomic E-state index is 10.7. The van der Waals surface area contributed by atoms with E-state index in [1.807, 2.05) is 7.05 Å². The lowest BCUT2D eigenvalue weighted by molar-refractivity contribution is -0.0199. The number of hydrogen-bond donors (Lipinski definition) is 2.